The van der Waals surface area contributed by atoms with Crippen LogP contribution in [0.2, 0.25) is 0 Å². The van der Waals surface area contributed by atoms with Crippen LogP contribution in [0.25, 0.3) is 0 Å². The molecular weight excluding hydrogens is 397 g/mol. The van der Waals surface area contributed by atoms with E-state index < -0.39 is 6.42 Å². The Kier molecular flexibility index (Phi) is 5.57. The zero-order chi connectivity index (χ0) is 20.9. The molecule has 1 aromatic carbocycles. The fourth-order valence-electron chi connectivity index (χ4n) is 4.82. The van der Waals surface area contributed by atoms with Crippen molar-refractivity contribution >= 4 is 29.6 Å². The summed E-state index contributed by atoms with van der Waals surface area (Å²) in [6.07, 6.45) is 3.48. The van der Waals surface area contributed by atoms with Gasteiger partial charge in [-0.25, -0.2) is 4.78 Å². The van der Waals surface area contributed by atoms with Crippen molar-refractivity contribution in [1.29, 1.82) is 0 Å². The van der Waals surface area contributed by atoms with Crippen LogP contribution in [0.15, 0.2) is 46.4 Å². The molecule has 0 saturated carbocycles. The molecule has 1 aliphatic carbocycles. The number of quaternary nitrogens is 1. The number of piperidine rings is 1. The molecular formula is C23H35N3OPS+. The van der Waals surface area contributed by atoms with E-state index in [0.29, 0.717) is 0 Å². The molecule has 4 nitrogen and oxygen atoms in total. The second kappa shape index (κ2) is 7.60. The predicted molar refractivity (Wildman–Crippen MR) is 126 cm³/mol. The molecule has 2 heterocycles. The van der Waals surface area contributed by atoms with Gasteiger partial charge in [0.05, 0.1) is 30.1 Å². The van der Waals surface area contributed by atoms with E-state index in [-0.39, 0.29) is 11.0 Å². The van der Waals surface area contributed by atoms with E-state index in [1.807, 2.05) is 6.07 Å². The van der Waals surface area contributed by atoms with Gasteiger partial charge < -0.3 is 9.42 Å². The molecule has 0 unspecified atom stereocenters. The first-order valence-corrected chi connectivity index (χ1v) is 13.6. The highest BCUT2D eigenvalue weighted by Crippen LogP contribution is 2.68. The Morgan fingerprint density at radius 2 is 1.72 bits per heavy atom. The summed E-state index contributed by atoms with van der Waals surface area (Å²) >= 11 is 6.47. The van der Waals surface area contributed by atoms with Crippen LogP contribution in [-0.4, -0.2) is 24.4 Å². The van der Waals surface area contributed by atoms with Gasteiger partial charge in [-0.2, -0.15) is 5.10 Å². The van der Waals surface area contributed by atoms with Gasteiger partial charge in [-0.1, -0.05) is 32.0 Å². The first kappa shape index (κ1) is 21.2. The minimum atomic E-state index is -2.51. The Morgan fingerprint density at radius 3 is 2.34 bits per heavy atom. The third-order valence-electron chi connectivity index (χ3n) is 5.88. The maximum absolute atomic E-state index is 6.78. The van der Waals surface area contributed by atoms with Gasteiger partial charge in [0.15, 0.2) is 0 Å². The largest absolute Gasteiger partial charge is 0.323 e. The third kappa shape index (κ3) is 4.25. The number of hydrogen-bond acceptors (Lipinski definition) is 3. The molecule has 4 rings (SSSR count). The monoisotopic (exact) mass is 432 g/mol. The summed E-state index contributed by atoms with van der Waals surface area (Å²) in [5.74, 6) is 0. The number of fused-ring (bicyclic) bond motifs is 1. The topological polar surface area (TPSA) is 29.3 Å². The summed E-state index contributed by atoms with van der Waals surface area (Å²) in [6.45, 7) is 13.5. The van der Waals surface area contributed by atoms with Crippen LogP contribution in [0.5, 0.6) is 0 Å². The number of benzene rings is 1. The minimum absolute atomic E-state index is 0.205. The lowest BCUT2D eigenvalue weighted by Crippen LogP contribution is -3.11. The number of rotatable bonds is 3. The van der Waals surface area contributed by atoms with Crippen LogP contribution in [0, 0.1) is 5.41 Å². The number of nitrogens with zero attached hydrogens (tertiary/aromatic N) is 2. The summed E-state index contributed by atoms with van der Waals surface area (Å²) in [4.78, 5) is 1.62. The van der Waals surface area contributed by atoms with Crippen LogP contribution in [0.3, 0.4) is 0 Å². The van der Waals surface area contributed by atoms with Gasteiger partial charge in [0, 0.05) is 6.42 Å². The van der Waals surface area contributed by atoms with Crippen molar-refractivity contribution in [3.63, 3.8) is 0 Å². The molecule has 2 aliphatic heterocycles. The summed E-state index contributed by atoms with van der Waals surface area (Å²) in [5, 5.41) is 6.44. The van der Waals surface area contributed by atoms with Crippen LogP contribution in [0.4, 0.5) is 5.69 Å². The maximum atomic E-state index is 6.78. The Bertz CT molecular complexity index is 879. The molecule has 0 aromatic heterocycles. The van der Waals surface area contributed by atoms with Crippen molar-refractivity contribution in [2.45, 2.75) is 72.3 Å². The van der Waals surface area contributed by atoms with Crippen LogP contribution < -0.4 is 9.68 Å². The van der Waals surface area contributed by atoms with Crippen LogP contribution in [0.1, 0.15) is 66.7 Å². The summed E-state index contributed by atoms with van der Waals surface area (Å²) in [6, 6.07) is 10.4. The highest BCUT2D eigenvalue weighted by molar-refractivity contribution is 8.15. The van der Waals surface area contributed by atoms with Gasteiger partial charge >= 0.3 is 0 Å². The lowest BCUT2D eigenvalue weighted by atomic mass is 9.78. The van der Waals surface area contributed by atoms with Gasteiger partial charge in [0.25, 0.3) is 0 Å². The van der Waals surface area contributed by atoms with Crippen LogP contribution in [-0.2, 0) is 16.3 Å². The zero-order valence-corrected chi connectivity index (χ0v) is 20.2. The quantitative estimate of drug-likeness (QED) is 0.675. The molecule has 1 saturated heterocycles. The summed E-state index contributed by atoms with van der Waals surface area (Å²) in [7, 11) is 0. The van der Waals surface area contributed by atoms with E-state index in [1.54, 1.807) is 4.90 Å². The molecule has 0 spiro atoms. The molecule has 0 amide bonds. The molecule has 1 N–H and O–H groups in total. The first-order chi connectivity index (χ1) is 13.6. The summed E-state index contributed by atoms with van der Waals surface area (Å²) in [5.41, 5.74) is 3.59. The number of para-hydroxylation sites is 1. The summed E-state index contributed by atoms with van der Waals surface area (Å²) < 4.78 is 8.85. The SMILES string of the molecule is CC1(C)CC2=NN(c3ccccc3)[P@](=S)(OC(C)(C)C)C2=C([NH+]2CCCCC2)C1. The maximum Gasteiger partial charge on any atom is 0.214 e. The van der Waals surface area contributed by atoms with Gasteiger partial charge in [0.1, 0.15) is 11.0 Å². The smallest absolute Gasteiger partial charge is 0.214 e. The normalized spacial score (nSPS) is 27.8. The molecule has 6 heteroatoms. The average molecular weight is 433 g/mol. The molecule has 1 atom stereocenters. The molecule has 1 aromatic rings. The van der Waals surface area contributed by atoms with E-state index >= 15 is 0 Å². The second-order valence-corrected chi connectivity index (χ2v) is 13.9. The number of hydrazone groups is 1. The number of hydrogen-bond donors (Lipinski definition) is 1. The fraction of sp³-hybridized carbons (Fsp3) is 0.609. The molecule has 3 aliphatic rings. The van der Waals surface area contributed by atoms with Gasteiger partial charge in [0.2, 0.25) is 6.42 Å². The Hall–Kier alpha value is -1.00. The van der Waals surface area contributed by atoms with E-state index in [0.717, 1.165) is 18.5 Å². The Balaban J connectivity index is 1.90. The lowest BCUT2D eigenvalue weighted by molar-refractivity contribution is -0.868. The molecule has 0 radical (unpaired) electrons. The van der Waals surface area contributed by atoms with Crippen molar-refractivity contribution in [3.05, 3.63) is 41.3 Å². The van der Waals surface area contributed by atoms with E-state index in [1.165, 1.54) is 49.1 Å². The molecule has 0 bridgehead atoms. The first-order valence-electron chi connectivity index (χ1n) is 10.9. The second-order valence-electron chi connectivity index (χ2n) is 10.4. The molecule has 29 heavy (non-hydrogen) atoms. The number of allylic oxidation sites excluding steroid dienone is 2. The number of nitrogens with one attached hydrogen (secondary N) is 1. The zero-order valence-electron chi connectivity index (χ0n) is 18.5. The molecule has 158 valence electrons. The van der Waals surface area contributed by atoms with Crippen molar-refractivity contribution in [3.8, 4) is 0 Å². The lowest BCUT2D eigenvalue weighted by Gasteiger charge is -2.39. The number of likely N-dealkylation sites (tertiary alicyclic amines) is 1. The third-order valence-corrected chi connectivity index (χ3v) is 9.82. The van der Waals surface area contributed by atoms with Crippen molar-refractivity contribution in [2.75, 3.05) is 17.9 Å². The van der Waals surface area contributed by atoms with Gasteiger partial charge in [-0.3, -0.25) is 0 Å². The van der Waals surface area contributed by atoms with Crippen molar-refractivity contribution in [2.24, 2.45) is 10.5 Å². The number of anilines is 1. The van der Waals surface area contributed by atoms with E-state index in [2.05, 4.69) is 63.7 Å². The van der Waals surface area contributed by atoms with Crippen molar-refractivity contribution in [1.82, 2.24) is 0 Å². The minimum Gasteiger partial charge on any atom is -0.323 e. The van der Waals surface area contributed by atoms with Gasteiger partial charge in [-0.05, 0) is 75.8 Å². The van der Waals surface area contributed by atoms with Crippen LogP contribution >= 0.6 is 6.42 Å². The predicted octanol–water partition coefficient (Wildman–Crippen LogP) is 5.09. The van der Waals surface area contributed by atoms with E-state index in [9.17, 15) is 0 Å². The highest BCUT2D eigenvalue weighted by atomic mass is 32.4. The van der Waals surface area contributed by atoms with Crippen molar-refractivity contribution < 1.29 is 9.42 Å². The standard InChI is InChI=1S/C23H34N3OPS/c1-22(2,3)27-28(29)21-19(24-26(28)18-12-8-6-9-13-18)16-23(4,5)17-20(21)25-14-10-7-11-15-25/h6,8-9,12-13H,7,10-11,14-17H2,1-5H3/p+1/t28-/m0/s1. The molecule has 1 fully saturated rings. The Labute approximate surface area is 181 Å². The average Bonchev–Trinajstić information content (AvgIpc) is 2.91. The van der Waals surface area contributed by atoms with Gasteiger partial charge in [-0.15, -0.1) is 0 Å². The Morgan fingerprint density at radius 1 is 1.07 bits per heavy atom. The highest BCUT2D eigenvalue weighted by Gasteiger charge is 2.51. The van der Waals surface area contributed by atoms with E-state index in [4.69, 9.17) is 21.4 Å². The fourth-order valence-corrected chi connectivity index (χ4v) is 9.32.